The fraction of sp³-hybridized carbons (Fsp3) is 0.789. The fourth-order valence-corrected chi connectivity index (χ4v) is 4.37. The number of halogens is 1. The molecule has 1 atom stereocenters. The van der Waals surface area contributed by atoms with Crippen LogP contribution >= 0.6 is 12.4 Å². The summed E-state index contributed by atoms with van der Waals surface area (Å²) in [6.45, 7) is 3.60. The number of rotatable bonds is 4. The van der Waals surface area contributed by atoms with Crippen molar-refractivity contribution in [3.8, 4) is 0 Å². The van der Waals surface area contributed by atoms with Gasteiger partial charge in [0.25, 0.3) is 5.91 Å². The molecule has 1 aromatic heterocycles. The molecule has 3 heterocycles. The predicted molar refractivity (Wildman–Crippen MR) is 103 cm³/mol. The van der Waals surface area contributed by atoms with E-state index in [1.54, 1.807) is 0 Å². The van der Waals surface area contributed by atoms with E-state index >= 15 is 0 Å². The number of carbonyl (C=O) groups is 1. The van der Waals surface area contributed by atoms with Crippen LogP contribution in [0.4, 0.5) is 0 Å². The molecule has 3 aliphatic rings. The van der Waals surface area contributed by atoms with E-state index in [-0.39, 0.29) is 18.3 Å². The number of hydrogen-bond donors (Lipinski definition) is 1. The number of amides is 1. The molecule has 0 bridgehead atoms. The van der Waals surface area contributed by atoms with Gasteiger partial charge in [0.2, 0.25) is 0 Å². The molecule has 3 fully saturated rings. The quantitative estimate of drug-likeness (QED) is 0.869. The summed E-state index contributed by atoms with van der Waals surface area (Å²) in [5.74, 6) is 0.0711. The number of carbonyl (C=O) groups excluding carboxylic acids is 1. The first kappa shape index (κ1) is 19.6. The van der Waals surface area contributed by atoms with Gasteiger partial charge in [-0.1, -0.05) is 12.8 Å². The average molecular weight is 383 g/mol. The molecular weight excluding hydrogens is 352 g/mol. The molecule has 0 spiro atoms. The minimum Gasteiger partial charge on any atom is -0.375 e. The van der Waals surface area contributed by atoms with E-state index in [1.165, 1.54) is 32.1 Å². The molecule has 1 N–H and O–H groups in total. The first-order valence-corrected chi connectivity index (χ1v) is 10.0. The molecule has 1 aromatic rings. The Morgan fingerprint density at radius 2 is 1.81 bits per heavy atom. The van der Waals surface area contributed by atoms with Crippen molar-refractivity contribution in [3.63, 3.8) is 0 Å². The van der Waals surface area contributed by atoms with Gasteiger partial charge < -0.3 is 15.0 Å². The van der Waals surface area contributed by atoms with Crippen LogP contribution in [0.3, 0.4) is 0 Å². The largest absolute Gasteiger partial charge is 0.375 e. The second kappa shape index (κ2) is 9.20. The smallest absolute Gasteiger partial charge is 0.274 e. The maximum Gasteiger partial charge on any atom is 0.274 e. The molecule has 2 saturated heterocycles. The van der Waals surface area contributed by atoms with Crippen LogP contribution in [0.2, 0.25) is 0 Å². The minimum absolute atomic E-state index is 0. The Morgan fingerprint density at radius 3 is 2.50 bits per heavy atom. The van der Waals surface area contributed by atoms with Crippen LogP contribution in [0.1, 0.15) is 67.9 Å². The first-order valence-electron chi connectivity index (χ1n) is 10.0. The topological polar surface area (TPSA) is 59.4 Å². The molecular formula is C19H31ClN4O2. The lowest BCUT2D eigenvalue weighted by atomic mass is 10.1. The standard InChI is InChI=1S/C19H30N4O2.ClH/c24-19(18-9-13-23(21-18)15-4-3-10-20-14-15)22-11-7-17(8-12-22)25-16-5-1-2-6-16;/h9,13,15-17,20H,1-8,10-12,14H2;1H. The third kappa shape index (κ3) is 4.59. The van der Waals surface area contributed by atoms with Crippen molar-refractivity contribution >= 4 is 18.3 Å². The van der Waals surface area contributed by atoms with Gasteiger partial charge in [-0.05, 0) is 51.1 Å². The van der Waals surface area contributed by atoms with Crippen LogP contribution in [0.5, 0.6) is 0 Å². The Hall–Kier alpha value is -1.11. The van der Waals surface area contributed by atoms with E-state index in [9.17, 15) is 4.79 Å². The summed E-state index contributed by atoms with van der Waals surface area (Å²) in [6.07, 6.45) is 12.0. The summed E-state index contributed by atoms with van der Waals surface area (Å²) in [5, 5.41) is 7.96. The summed E-state index contributed by atoms with van der Waals surface area (Å²) >= 11 is 0. The predicted octanol–water partition coefficient (Wildman–Crippen LogP) is 2.79. The molecule has 4 rings (SSSR count). The van der Waals surface area contributed by atoms with Gasteiger partial charge in [-0.2, -0.15) is 5.10 Å². The highest BCUT2D eigenvalue weighted by Crippen LogP contribution is 2.26. The molecule has 1 aliphatic carbocycles. The van der Waals surface area contributed by atoms with Crippen LogP contribution in [-0.4, -0.2) is 59.0 Å². The van der Waals surface area contributed by atoms with Crippen LogP contribution < -0.4 is 5.32 Å². The molecule has 26 heavy (non-hydrogen) atoms. The highest BCUT2D eigenvalue weighted by atomic mass is 35.5. The van der Waals surface area contributed by atoms with E-state index in [4.69, 9.17) is 4.74 Å². The summed E-state index contributed by atoms with van der Waals surface area (Å²) in [5.41, 5.74) is 0.584. The van der Waals surface area contributed by atoms with Gasteiger partial charge in [-0.3, -0.25) is 9.48 Å². The summed E-state index contributed by atoms with van der Waals surface area (Å²) in [6, 6.07) is 2.25. The normalized spacial score (nSPS) is 25.2. The molecule has 7 heteroatoms. The van der Waals surface area contributed by atoms with Crippen molar-refractivity contribution < 1.29 is 9.53 Å². The van der Waals surface area contributed by atoms with Crippen molar-refractivity contribution in [3.05, 3.63) is 18.0 Å². The first-order chi connectivity index (χ1) is 12.3. The van der Waals surface area contributed by atoms with E-state index in [1.807, 2.05) is 21.8 Å². The lowest BCUT2D eigenvalue weighted by Gasteiger charge is -2.33. The van der Waals surface area contributed by atoms with E-state index < -0.39 is 0 Å². The number of ether oxygens (including phenoxy) is 1. The zero-order valence-corrected chi connectivity index (χ0v) is 16.3. The highest BCUT2D eigenvalue weighted by Gasteiger charge is 2.28. The molecule has 0 radical (unpaired) electrons. The average Bonchev–Trinajstić information content (AvgIpc) is 3.34. The maximum atomic E-state index is 12.7. The summed E-state index contributed by atoms with van der Waals surface area (Å²) < 4.78 is 8.17. The fourth-order valence-electron chi connectivity index (χ4n) is 4.37. The minimum atomic E-state index is 0. The number of hydrogen-bond acceptors (Lipinski definition) is 4. The van der Waals surface area contributed by atoms with Gasteiger partial charge >= 0.3 is 0 Å². The maximum absolute atomic E-state index is 12.7. The SMILES string of the molecule is Cl.O=C(c1ccn(C2CCCNC2)n1)N1CCC(OC2CCCC2)CC1. The van der Waals surface area contributed by atoms with Gasteiger partial charge in [0.15, 0.2) is 0 Å². The second-order valence-electron chi connectivity index (χ2n) is 7.72. The molecule has 6 nitrogen and oxygen atoms in total. The number of aromatic nitrogens is 2. The van der Waals surface area contributed by atoms with Crippen molar-refractivity contribution in [2.75, 3.05) is 26.2 Å². The Morgan fingerprint density at radius 1 is 1.08 bits per heavy atom. The van der Waals surface area contributed by atoms with E-state index in [2.05, 4.69) is 10.4 Å². The number of likely N-dealkylation sites (tertiary alicyclic amines) is 1. The monoisotopic (exact) mass is 382 g/mol. The number of piperidine rings is 2. The van der Waals surface area contributed by atoms with Crippen molar-refractivity contribution in [1.82, 2.24) is 20.0 Å². The zero-order chi connectivity index (χ0) is 17.1. The third-order valence-electron chi connectivity index (χ3n) is 5.89. The van der Waals surface area contributed by atoms with Gasteiger partial charge in [0, 0.05) is 25.8 Å². The van der Waals surface area contributed by atoms with Crippen LogP contribution in [0.15, 0.2) is 12.3 Å². The highest BCUT2D eigenvalue weighted by molar-refractivity contribution is 5.92. The summed E-state index contributed by atoms with van der Waals surface area (Å²) in [4.78, 5) is 14.7. The Kier molecular flexibility index (Phi) is 6.95. The molecule has 1 unspecified atom stereocenters. The van der Waals surface area contributed by atoms with Crippen molar-refractivity contribution in [1.29, 1.82) is 0 Å². The number of nitrogens with zero attached hydrogens (tertiary/aromatic N) is 3. The Balaban J connectivity index is 0.00000196. The molecule has 146 valence electrons. The van der Waals surface area contributed by atoms with Crippen LogP contribution in [0.25, 0.3) is 0 Å². The van der Waals surface area contributed by atoms with Gasteiger partial charge in [-0.15, -0.1) is 12.4 Å². The molecule has 1 saturated carbocycles. The third-order valence-corrected chi connectivity index (χ3v) is 5.89. The summed E-state index contributed by atoms with van der Waals surface area (Å²) in [7, 11) is 0. The molecule has 1 amide bonds. The Bertz CT molecular complexity index is 574. The van der Waals surface area contributed by atoms with Crippen molar-refractivity contribution in [2.45, 2.75) is 69.6 Å². The van der Waals surface area contributed by atoms with Gasteiger partial charge in [0.1, 0.15) is 5.69 Å². The number of nitrogens with one attached hydrogen (secondary N) is 1. The molecule has 0 aromatic carbocycles. The van der Waals surface area contributed by atoms with Gasteiger partial charge in [-0.25, -0.2) is 0 Å². The van der Waals surface area contributed by atoms with Crippen molar-refractivity contribution in [2.24, 2.45) is 0 Å². The van der Waals surface area contributed by atoms with E-state index in [0.717, 1.165) is 45.4 Å². The van der Waals surface area contributed by atoms with E-state index in [0.29, 0.717) is 23.9 Å². The van der Waals surface area contributed by atoms with Crippen LogP contribution in [0, 0.1) is 0 Å². The van der Waals surface area contributed by atoms with Gasteiger partial charge in [0.05, 0.1) is 18.2 Å². The van der Waals surface area contributed by atoms with Crippen LogP contribution in [-0.2, 0) is 4.74 Å². The lowest BCUT2D eigenvalue weighted by molar-refractivity contribution is -0.0358. The Labute approximate surface area is 162 Å². The second-order valence-corrected chi connectivity index (χ2v) is 7.72. The molecule has 2 aliphatic heterocycles. The lowest BCUT2D eigenvalue weighted by Crippen LogP contribution is -2.42. The zero-order valence-electron chi connectivity index (χ0n) is 15.4.